The minimum atomic E-state index is -0.0471. The largest absolute Gasteiger partial charge is 0.371 e. The Morgan fingerprint density at radius 1 is 1.22 bits per heavy atom. The highest BCUT2D eigenvalue weighted by atomic mass is 35.5. The molecule has 1 aliphatic rings. The molecule has 23 heavy (non-hydrogen) atoms. The van der Waals surface area contributed by atoms with Gasteiger partial charge in [-0.1, -0.05) is 49.6 Å². The number of hydrogen-bond acceptors (Lipinski definition) is 3. The van der Waals surface area contributed by atoms with E-state index in [1.54, 1.807) is 0 Å². The number of hydrogen-bond donors (Lipinski definition) is 2. The summed E-state index contributed by atoms with van der Waals surface area (Å²) in [6, 6.07) is 10.3. The first kappa shape index (κ1) is 19.9. The number of carbonyl (C=O) groups excluding carboxylic acids is 1. The van der Waals surface area contributed by atoms with Gasteiger partial charge in [0.05, 0.1) is 6.61 Å². The first-order chi connectivity index (χ1) is 10.8. The van der Waals surface area contributed by atoms with Gasteiger partial charge in [0.25, 0.3) is 0 Å². The summed E-state index contributed by atoms with van der Waals surface area (Å²) in [5.41, 5.74) is 7.05. The van der Waals surface area contributed by atoms with Crippen LogP contribution in [0.4, 0.5) is 0 Å². The normalized spacial score (nSPS) is 16.4. The van der Waals surface area contributed by atoms with Gasteiger partial charge in [-0.2, -0.15) is 0 Å². The summed E-state index contributed by atoms with van der Waals surface area (Å²) in [4.78, 5) is 12.0. The molecule has 3 N–H and O–H groups in total. The summed E-state index contributed by atoms with van der Waals surface area (Å²) in [5, 5.41) is 3.05. The van der Waals surface area contributed by atoms with Crippen LogP contribution in [0, 0.1) is 5.92 Å². The fourth-order valence-electron chi connectivity index (χ4n) is 3.15. The van der Waals surface area contributed by atoms with Crippen molar-refractivity contribution < 1.29 is 9.53 Å². The van der Waals surface area contributed by atoms with Crippen LogP contribution in [0.1, 0.15) is 37.7 Å². The van der Waals surface area contributed by atoms with Crippen molar-refractivity contribution in [3.8, 4) is 0 Å². The third kappa shape index (κ3) is 7.34. The lowest BCUT2D eigenvalue weighted by molar-refractivity contribution is -0.126. The molecule has 0 bridgehead atoms. The zero-order chi connectivity index (χ0) is 15.6. The average molecular weight is 341 g/mol. The van der Waals surface area contributed by atoms with E-state index >= 15 is 0 Å². The van der Waals surface area contributed by atoms with Gasteiger partial charge in [-0.25, -0.2) is 0 Å². The third-order valence-electron chi connectivity index (χ3n) is 4.43. The fourth-order valence-corrected chi connectivity index (χ4v) is 3.15. The predicted molar refractivity (Wildman–Crippen MR) is 95.8 cm³/mol. The molecule has 5 heteroatoms. The lowest BCUT2D eigenvalue weighted by Crippen LogP contribution is -2.47. The Bertz CT molecular complexity index is 436. The van der Waals surface area contributed by atoms with E-state index in [-0.39, 0.29) is 31.0 Å². The molecule has 1 aliphatic carbocycles. The molecule has 0 saturated heterocycles. The lowest BCUT2D eigenvalue weighted by Gasteiger charge is -2.30. The van der Waals surface area contributed by atoms with Gasteiger partial charge in [-0.05, 0) is 30.7 Å². The molecule has 4 nitrogen and oxygen atoms in total. The molecule has 0 spiro atoms. The molecular weight excluding hydrogens is 312 g/mol. The molecule has 1 unspecified atom stereocenters. The number of carbonyl (C=O) groups is 1. The molecule has 0 heterocycles. The van der Waals surface area contributed by atoms with Crippen LogP contribution in [0.2, 0.25) is 0 Å². The molecule has 0 aliphatic heterocycles. The Balaban J connectivity index is 0.00000264. The highest BCUT2D eigenvalue weighted by Crippen LogP contribution is 2.26. The van der Waals surface area contributed by atoms with Crippen molar-refractivity contribution in [2.75, 3.05) is 19.8 Å². The Hall–Kier alpha value is -1.10. The second-order valence-corrected chi connectivity index (χ2v) is 6.10. The summed E-state index contributed by atoms with van der Waals surface area (Å²) in [7, 11) is 0. The number of amides is 1. The maximum atomic E-state index is 12.0. The van der Waals surface area contributed by atoms with Crippen molar-refractivity contribution in [2.45, 2.75) is 44.6 Å². The number of halogens is 1. The molecule has 1 aromatic rings. The maximum absolute atomic E-state index is 12.0. The van der Waals surface area contributed by atoms with Crippen LogP contribution in [-0.4, -0.2) is 31.7 Å². The average Bonchev–Trinajstić information content (AvgIpc) is 2.58. The van der Waals surface area contributed by atoms with Crippen LogP contribution in [0.15, 0.2) is 30.3 Å². The SMILES string of the molecule is Cl.NCC(NC(=O)COCCc1ccccc1)C1CCCCC1. The summed E-state index contributed by atoms with van der Waals surface area (Å²) in [6.45, 7) is 1.20. The standard InChI is InChI=1S/C18H28N2O2.ClH/c19-13-17(16-9-5-2-6-10-16)20-18(21)14-22-12-11-15-7-3-1-4-8-15;/h1,3-4,7-8,16-17H,2,5-6,9-14,19H2,(H,20,21);1H. The maximum Gasteiger partial charge on any atom is 0.246 e. The van der Waals surface area contributed by atoms with Crippen LogP contribution < -0.4 is 11.1 Å². The van der Waals surface area contributed by atoms with Gasteiger partial charge in [0.15, 0.2) is 0 Å². The van der Waals surface area contributed by atoms with Gasteiger partial charge in [0.2, 0.25) is 5.91 Å². The third-order valence-corrected chi connectivity index (χ3v) is 4.43. The van der Waals surface area contributed by atoms with E-state index in [9.17, 15) is 4.79 Å². The van der Waals surface area contributed by atoms with Crippen molar-refractivity contribution in [1.82, 2.24) is 5.32 Å². The molecule has 1 atom stereocenters. The van der Waals surface area contributed by atoms with Crippen LogP contribution in [0.25, 0.3) is 0 Å². The number of nitrogens with one attached hydrogen (secondary N) is 1. The molecule has 0 aromatic heterocycles. The van der Waals surface area contributed by atoms with E-state index in [0.29, 0.717) is 19.1 Å². The van der Waals surface area contributed by atoms with Gasteiger partial charge in [-0.15, -0.1) is 12.4 Å². The van der Waals surface area contributed by atoms with E-state index in [4.69, 9.17) is 10.5 Å². The minimum Gasteiger partial charge on any atom is -0.371 e. The van der Waals surface area contributed by atoms with Crippen molar-refractivity contribution in [3.05, 3.63) is 35.9 Å². The van der Waals surface area contributed by atoms with Crippen molar-refractivity contribution in [3.63, 3.8) is 0 Å². The van der Waals surface area contributed by atoms with Crippen LogP contribution >= 0.6 is 12.4 Å². The number of ether oxygens (including phenoxy) is 1. The first-order valence-corrected chi connectivity index (χ1v) is 8.40. The zero-order valence-electron chi connectivity index (χ0n) is 13.7. The van der Waals surface area contributed by atoms with Crippen molar-refractivity contribution in [1.29, 1.82) is 0 Å². The first-order valence-electron chi connectivity index (χ1n) is 8.40. The second kappa shape index (κ2) is 11.4. The van der Waals surface area contributed by atoms with E-state index in [1.807, 2.05) is 18.2 Å². The Morgan fingerprint density at radius 2 is 1.91 bits per heavy atom. The minimum absolute atomic E-state index is 0. The van der Waals surface area contributed by atoms with E-state index in [2.05, 4.69) is 17.4 Å². The predicted octanol–water partition coefficient (Wildman–Crippen LogP) is 2.69. The molecule has 0 radical (unpaired) electrons. The zero-order valence-corrected chi connectivity index (χ0v) is 14.5. The lowest BCUT2D eigenvalue weighted by atomic mass is 9.84. The Kier molecular flexibility index (Phi) is 9.92. The molecule has 130 valence electrons. The van der Waals surface area contributed by atoms with Gasteiger partial charge < -0.3 is 15.8 Å². The highest BCUT2D eigenvalue weighted by molar-refractivity contribution is 5.85. The van der Waals surface area contributed by atoms with E-state index in [0.717, 1.165) is 6.42 Å². The second-order valence-electron chi connectivity index (χ2n) is 6.10. The monoisotopic (exact) mass is 340 g/mol. The summed E-state index contributed by atoms with van der Waals surface area (Å²) in [6.07, 6.45) is 7.00. The van der Waals surface area contributed by atoms with Gasteiger partial charge >= 0.3 is 0 Å². The molecule has 1 amide bonds. The topological polar surface area (TPSA) is 64.3 Å². The summed E-state index contributed by atoms with van der Waals surface area (Å²) >= 11 is 0. The summed E-state index contributed by atoms with van der Waals surface area (Å²) in [5.74, 6) is 0.487. The molecular formula is C18H29ClN2O2. The number of nitrogens with two attached hydrogens (primary N) is 1. The number of benzene rings is 1. The molecule has 1 aromatic carbocycles. The van der Waals surface area contributed by atoms with Crippen LogP contribution in [0.5, 0.6) is 0 Å². The van der Waals surface area contributed by atoms with Crippen molar-refractivity contribution >= 4 is 18.3 Å². The molecule has 2 rings (SSSR count). The van der Waals surface area contributed by atoms with E-state index in [1.165, 1.54) is 37.7 Å². The van der Waals surface area contributed by atoms with Gasteiger partial charge in [-0.3, -0.25) is 4.79 Å². The van der Waals surface area contributed by atoms with Crippen LogP contribution in [-0.2, 0) is 16.0 Å². The number of rotatable bonds is 8. The Labute approximate surface area is 145 Å². The van der Waals surface area contributed by atoms with E-state index < -0.39 is 0 Å². The summed E-state index contributed by atoms with van der Waals surface area (Å²) < 4.78 is 5.48. The molecule has 1 saturated carbocycles. The van der Waals surface area contributed by atoms with Gasteiger partial charge in [0, 0.05) is 12.6 Å². The van der Waals surface area contributed by atoms with Crippen molar-refractivity contribution in [2.24, 2.45) is 11.7 Å². The van der Waals surface area contributed by atoms with Crippen LogP contribution in [0.3, 0.4) is 0 Å². The molecule has 1 fully saturated rings. The Morgan fingerprint density at radius 3 is 2.57 bits per heavy atom. The highest BCUT2D eigenvalue weighted by Gasteiger charge is 2.23. The fraction of sp³-hybridized carbons (Fsp3) is 0.611. The smallest absolute Gasteiger partial charge is 0.246 e. The van der Waals surface area contributed by atoms with Gasteiger partial charge in [0.1, 0.15) is 6.61 Å². The quantitative estimate of drug-likeness (QED) is 0.715.